The quantitative estimate of drug-likeness (QED) is 0.510. The van der Waals surface area contributed by atoms with E-state index < -0.39 is 28.9 Å². The molecule has 0 radical (unpaired) electrons. The van der Waals surface area contributed by atoms with Crippen molar-refractivity contribution in [3.05, 3.63) is 41.2 Å². The van der Waals surface area contributed by atoms with Crippen LogP contribution in [0.15, 0.2) is 35.6 Å². The summed E-state index contributed by atoms with van der Waals surface area (Å²) in [5, 5.41) is 20.6. The van der Waals surface area contributed by atoms with E-state index in [-0.39, 0.29) is 11.7 Å². The number of hydrogen-bond donors (Lipinski definition) is 2. The van der Waals surface area contributed by atoms with Gasteiger partial charge in [-0.15, -0.1) is 0 Å². The number of nitrogens with one attached hydrogen (secondary N) is 1. The highest BCUT2D eigenvalue weighted by Gasteiger charge is 2.35. The zero-order valence-electron chi connectivity index (χ0n) is 10.7. The van der Waals surface area contributed by atoms with Crippen molar-refractivity contribution in [3.8, 4) is 6.07 Å². The van der Waals surface area contributed by atoms with Crippen LogP contribution in [0.3, 0.4) is 0 Å². The SMILES string of the molecule is N#C/C(C(=O)Nc1ccccc1C(F)(F)F)=C(/O)C1CC1. The lowest BCUT2D eigenvalue weighted by molar-refractivity contribution is -0.136. The van der Waals surface area contributed by atoms with Crippen LogP contribution in [0, 0.1) is 17.2 Å². The molecule has 2 N–H and O–H groups in total. The molecule has 0 unspecified atom stereocenters. The van der Waals surface area contributed by atoms with Crippen molar-refractivity contribution in [1.29, 1.82) is 5.26 Å². The molecule has 0 aliphatic heterocycles. The van der Waals surface area contributed by atoms with Gasteiger partial charge in [-0.25, -0.2) is 0 Å². The van der Waals surface area contributed by atoms with Crippen molar-refractivity contribution in [1.82, 2.24) is 0 Å². The van der Waals surface area contributed by atoms with Gasteiger partial charge in [-0.1, -0.05) is 12.1 Å². The lowest BCUT2D eigenvalue weighted by Gasteiger charge is -2.13. The largest absolute Gasteiger partial charge is 0.510 e. The van der Waals surface area contributed by atoms with E-state index in [1.165, 1.54) is 18.2 Å². The second kappa shape index (κ2) is 5.48. The fourth-order valence-electron chi connectivity index (χ4n) is 1.81. The zero-order chi connectivity index (χ0) is 15.6. The van der Waals surface area contributed by atoms with Gasteiger partial charge in [-0.2, -0.15) is 18.4 Å². The van der Waals surface area contributed by atoms with Crippen LogP contribution >= 0.6 is 0 Å². The van der Waals surface area contributed by atoms with E-state index in [1.54, 1.807) is 0 Å². The van der Waals surface area contributed by atoms with Crippen LogP contribution in [0.2, 0.25) is 0 Å². The van der Waals surface area contributed by atoms with Gasteiger partial charge in [-0.05, 0) is 25.0 Å². The number of aliphatic hydroxyl groups is 1. The lowest BCUT2D eigenvalue weighted by Crippen LogP contribution is -2.19. The molecule has 1 aliphatic carbocycles. The van der Waals surface area contributed by atoms with Crippen molar-refractivity contribution in [2.75, 3.05) is 5.32 Å². The molecule has 0 saturated heterocycles. The van der Waals surface area contributed by atoms with Gasteiger partial charge >= 0.3 is 6.18 Å². The number of benzene rings is 1. The Morgan fingerprint density at radius 2 is 1.95 bits per heavy atom. The summed E-state index contributed by atoms with van der Waals surface area (Å²) in [5.74, 6) is -1.65. The number of halogens is 3. The molecule has 7 heteroatoms. The number of allylic oxidation sites excluding steroid dienone is 1. The van der Waals surface area contributed by atoms with Crippen molar-refractivity contribution in [2.24, 2.45) is 5.92 Å². The topological polar surface area (TPSA) is 73.1 Å². The van der Waals surface area contributed by atoms with E-state index in [9.17, 15) is 23.1 Å². The number of alkyl halides is 3. The predicted molar refractivity (Wildman–Crippen MR) is 68.1 cm³/mol. The summed E-state index contributed by atoms with van der Waals surface area (Å²) >= 11 is 0. The Morgan fingerprint density at radius 1 is 1.33 bits per heavy atom. The molecule has 0 spiro atoms. The molecular weight excluding hydrogens is 285 g/mol. The van der Waals surface area contributed by atoms with Gasteiger partial charge in [0, 0.05) is 5.92 Å². The molecule has 1 fully saturated rings. The fourth-order valence-corrected chi connectivity index (χ4v) is 1.81. The van der Waals surface area contributed by atoms with Crippen LogP contribution in [0.25, 0.3) is 0 Å². The minimum absolute atomic E-state index is 0.247. The molecule has 1 amide bonds. The second-order valence-corrected chi connectivity index (χ2v) is 4.64. The number of rotatable bonds is 3. The Morgan fingerprint density at radius 3 is 2.48 bits per heavy atom. The van der Waals surface area contributed by atoms with Gasteiger partial charge in [-0.3, -0.25) is 4.79 Å². The standard InChI is InChI=1S/C14H11F3N2O2/c15-14(16,17)10-3-1-2-4-11(10)19-13(21)9(7-18)12(20)8-5-6-8/h1-4,8,20H,5-6H2,(H,19,21)/b12-9-. The molecule has 1 aliphatic rings. The first-order valence-electron chi connectivity index (χ1n) is 6.15. The minimum atomic E-state index is -4.63. The lowest BCUT2D eigenvalue weighted by atomic mass is 10.1. The number of carbonyl (C=O) groups excluding carboxylic acids is 1. The summed E-state index contributed by atoms with van der Waals surface area (Å²) in [6.45, 7) is 0. The molecule has 21 heavy (non-hydrogen) atoms. The number of para-hydroxylation sites is 1. The number of nitriles is 1. The van der Waals surface area contributed by atoms with Crippen LogP contribution in [-0.2, 0) is 11.0 Å². The molecule has 2 rings (SSSR count). The Balaban J connectivity index is 2.28. The van der Waals surface area contributed by atoms with Crippen LogP contribution in [0.4, 0.5) is 18.9 Å². The van der Waals surface area contributed by atoms with Crippen molar-refractivity contribution in [3.63, 3.8) is 0 Å². The first-order chi connectivity index (χ1) is 9.84. The van der Waals surface area contributed by atoms with Crippen molar-refractivity contribution in [2.45, 2.75) is 19.0 Å². The minimum Gasteiger partial charge on any atom is -0.510 e. The highest BCUT2D eigenvalue weighted by Crippen LogP contribution is 2.37. The molecule has 0 heterocycles. The summed E-state index contributed by atoms with van der Waals surface area (Å²) in [6, 6.07) is 5.98. The van der Waals surface area contributed by atoms with E-state index in [2.05, 4.69) is 0 Å². The maximum absolute atomic E-state index is 12.8. The summed E-state index contributed by atoms with van der Waals surface area (Å²) in [7, 11) is 0. The smallest absolute Gasteiger partial charge is 0.418 e. The molecular formula is C14H11F3N2O2. The van der Waals surface area contributed by atoms with Crippen LogP contribution in [0.5, 0.6) is 0 Å². The third-order valence-electron chi connectivity index (χ3n) is 3.04. The van der Waals surface area contributed by atoms with E-state index in [0.29, 0.717) is 12.8 Å². The number of aliphatic hydroxyl groups excluding tert-OH is 1. The molecule has 1 aromatic rings. The van der Waals surface area contributed by atoms with Crippen molar-refractivity contribution < 1.29 is 23.1 Å². The summed E-state index contributed by atoms with van der Waals surface area (Å²) < 4.78 is 38.4. The van der Waals surface area contributed by atoms with Gasteiger partial charge in [0.1, 0.15) is 11.8 Å². The van der Waals surface area contributed by atoms with Crippen molar-refractivity contribution >= 4 is 11.6 Å². The van der Waals surface area contributed by atoms with Gasteiger partial charge in [0.2, 0.25) is 0 Å². The predicted octanol–water partition coefficient (Wildman–Crippen LogP) is 3.39. The first kappa shape index (κ1) is 14.9. The first-order valence-corrected chi connectivity index (χ1v) is 6.15. The Bertz CT molecular complexity index is 640. The Labute approximate surface area is 118 Å². The molecule has 0 aromatic heterocycles. The van der Waals surface area contributed by atoms with Gasteiger partial charge < -0.3 is 10.4 Å². The molecule has 110 valence electrons. The van der Waals surface area contributed by atoms with E-state index in [1.807, 2.05) is 5.32 Å². The number of nitrogens with zero attached hydrogens (tertiary/aromatic N) is 1. The van der Waals surface area contributed by atoms with Gasteiger partial charge in [0.15, 0.2) is 5.57 Å². The maximum atomic E-state index is 12.8. The second-order valence-electron chi connectivity index (χ2n) is 4.64. The van der Waals surface area contributed by atoms with Crippen LogP contribution in [0.1, 0.15) is 18.4 Å². The summed E-state index contributed by atoms with van der Waals surface area (Å²) in [5.41, 5.74) is -2.01. The van der Waals surface area contributed by atoms with Crippen LogP contribution < -0.4 is 5.32 Å². The maximum Gasteiger partial charge on any atom is 0.418 e. The van der Waals surface area contributed by atoms with Gasteiger partial charge in [0.05, 0.1) is 11.3 Å². The molecule has 0 bridgehead atoms. The Hall–Kier alpha value is -2.49. The Kier molecular flexibility index (Phi) is 3.89. The molecule has 0 atom stereocenters. The van der Waals surface area contributed by atoms with E-state index in [0.717, 1.165) is 12.1 Å². The third kappa shape index (κ3) is 3.34. The summed E-state index contributed by atoms with van der Waals surface area (Å²) in [4.78, 5) is 11.9. The van der Waals surface area contributed by atoms with E-state index in [4.69, 9.17) is 5.26 Å². The average molecular weight is 296 g/mol. The highest BCUT2D eigenvalue weighted by molar-refractivity contribution is 6.07. The normalized spacial score (nSPS) is 15.9. The molecule has 1 aromatic carbocycles. The number of amides is 1. The average Bonchev–Trinajstić information content (AvgIpc) is 3.23. The molecule has 4 nitrogen and oxygen atoms in total. The fraction of sp³-hybridized carbons (Fsp3) is 0.286. The third-order valence-corrected chi connectivity index (χ3v) is 3.04. The number of anilines is 1. The number of hydrogen-bond acceptors (Lipinski definition) is 3. The molecule has 1 saturated carbocycles. The summed E-state index contributed by atoms with van der Waals surface area (Å²) in [6.07, 6.45) is -3.31. The van der Waals surface area contributed by atoms with E-state index >= 15 is 0 Å². The number of carbonyl (C=O) groups is 1. The van der Waals surface area contributed by atoms with Gasteiger partial charge in [0.25, 0.3) is 5.91 Å². The monoisotopic (exact) mass is 296 g/mol. The zero-order valence-corrected chi connectivity index (χ0v) is 10.7. The van der Waals surface area contributed by atoms with Crippen LogP contribution in [-0.4, -0.2) is 11.0 Å². The highest BCUT2D eigenvalue weighted by atomic mass is 19.4.